The number of hydrogen-bond acceptors (Lipinski definition) is 6. The van der Waals surface area contributed by atoms with Gasteiger partial charge in [0.15, 0.2) is 5.82 Å². The lowest BCUT2D eigenvalue weighted by atomic mass is 10.1. The first-order valence-electron chi connectivity index (χ1n) is 8.68. The first-order chi connectivity index (χ1) is 13.0. The molecule has 0 aliphatic carbocycles. The summed E-state index contributed by atoms with van der Waals surface area (Å²) in [5, 5.41) is 4.29. The van der Waals surface area contributed by atoms with Crippen molar-refractivity contribution in [3.05, 3.63) is 42.0 Å². The third-order valence-corrected chi connectivity index (χ3v) is 4.89. The second-order valence-electron chi connectivity index (χ2n) is 6.73. The SMILES string of the molecule is NC(=O)c1ccc(-c2cc(N3CCCC(N)C3)c3c(N)ncnn23)cc1F. The van der Waals surface area contributed by atoms with Gasteiger partial charge in [-0.3, -0.25) is 4.79 Å². The molecule has 1 aliphatic heterocycles. The number of hydrogen-bond donors (Lipinski definition) is 3. The number of piperidine rings is 1. The number of benzene rings is 1. The molecule has 1 atom stereocenters. The largest absolute Gasteiger partial charge is 0.382 e. The maximum atomic E-state index is 14.3. The van der Waals surface area contributed by atoms with Gasteiger partial charge in [-0.05, 0) is 31.0 Å². The van der Waals surface area contributed by atoms with Crippen molar-refractivity contribution >= 4 is 22.9 Å². The zero-order valence-corrected chi connectivity index (χ0v) is 14.6. The topological polar surface area (TPSA) is 129 Å². The van der Waals surface area contributed by atoms with Crippen LogP contribution in [0.2, 0.25) is 0 Å². The van der Waals surface area contributed by atoms with E-state index in [0.717, 1.165) is 25.1 Å². The highest BCUT2D eigenvalue weighted by Gasteiger charge is 2.24. The Kier molecular flexibility index (Phi) is 4.15. The summed E-state index contributed by atoms with van der Waals surface area (Å²) in [6, 6.07) is 6.25. The van der Waals surface area contributed by atoms with Gasteiger partial charge in [0.05, 0.1) is 16.9 Å². The first kappa shape index (κ1) is 17.2. The molecule has 2 aromatic heterocycles. The number of rotatable bonds is 3. The lowest BCUT2D eigenvalue weighted by Gasteiger charge is -2.32. The molecule has 3 heterocycles. The molecule has 1 saturated heterocycles. The molecule has 1 aromatic carbocycles. The summed E-state index contributed by atoms with van der Waals surface area (Å²) in [6.07, 6.45) is 3.30. The van der Waals surface area contributed by atoms with E-state index >= 15 is 0 Å². The van der Waals surface area contributed by atoms with Gasteiger partial charge < -0.3 is 22.1 Å². The fraction of sp³-hybridized carbons (Fsp3) is 0.278. The van der Waals surface area contributed by atoms with Gasteiger partial charge in [0.1, 0.15) is 17.7 Å². The summed E-state index contributed by atoms with van der Waals surface area (Å²) in [5.41, 5.74) is 20.0. The Bertz CT molecular complexity index is 1030. The monoisotopic (exact) mass is 369 g/mol. The van der Waals surface area contributed by atoms with Crippen LogP contribution in [0, 0.1) is 5.82 Å². The van der Waals surface area contributed by atoms with Crippen molar-refractivity contribution in [1.82, 2.24) is 14.6 Å². The van der Waals surface area contributed by atoms with Crippen LogP contribution in [-0.2, 0) is 0 Å². The smallest absolute Gasteiger partial charge is 0.251 e. The van der Waals surface area contributed by atoms with Crippen molar-refractivity contribution in [3.63, 3.8) is 0 Å². The Morgan fingerprint density at radius 3 is 2.81 bits per heavy atom. The molecule has 140 valence electrons. The van der Waals surface area contributed by atoms with Crippen LogP contribution >= 0.6 is 0 Å². The number of nitrogens with zero attached hydrogens (tertiary/aromatic N) is 4. The van der Waals surface area contributed by atoms with Gasteiger partial charge in [0, 0.05) is 24.7 Å². The van der Waals surface area contributed by atoms with Gasteiger partial charge >= 0.3 is 0 Å². The molecule has 0 saturated carbocycles. The van der Waals surface area contributed by atoms with Gasteiger partial charge in [-0.25, -0.2) is 13.9 Å². The highest BCUT2D eigenvalue weighted by molar-refractivity contribution is 5.94. The maximum absolute atomic E-state index is 14.3. The van der Waals surface area contributed by atoms with E-state index in [1.807, 2.05) is 6.07 Å². The van der Waals surface area contributed by atoms with E-state index in [-0.39, 0.29) is 11.6 Å². The number of carbonyl (C=O) groups excluding carboxylic acids is 1. The minimum atomic E-state index is -0.811. The summed E-state index contributed by atoms with van der Waals surface area (Å²) in [5.74, 6) is -1.16. The Hall–Kier alpha value is -3.20. The average molecular weight is 369 g/mol. The van der Waals surface area contributed by atoms with Gasteiger partial charge in [0.2, 0.25) is 0 Å². The Morgan fingerprint density at radius 2 is 2.11 bits per heavy atom. The lowest BCUT2D eigenvalue weighted by molar-refractivity contribution is 0.0996. The predicted octanol–water partition coefficient (Wildman–Crippen LogP) is 1.14. The van der Waals surface area contributed by atoms with E-state index in [1.54, 1.807) is 10.6 Å². The molecule has 1 amide bonds. The highest BCUT2D eigenvalue weighted by atomic mass is 19.1. The zero-order valence-electron chi connectivity index (χ0n) is 14.6. The number of carbonyl (C=O) groups is 1. The zero-order chi connectivity index (χ0) is 19.1. The van der Waals surface area contributed by atoms with Crippen LogP contribution in [0.25, 0.3) is 16.8 Å². The summed E-state index contributed by atoms with van der Waals surface area (Å²) in [6.45, 7) is 1.54. The fourth-order valence-corrected chi connectivity index (χ4v) is 3.60. The average Bonchev–Trinajstić information content (AvgIpc) is 3.02. The van der Waals surface area contributed by atoms with E-state index < -0.39 is 11.7 Å². The lowest BCUT2D eigenvalue weighted by Crippen LogP contribution is -2.42. The Balaban J connectivity index is 1.88. The van der Waals surface area contributed by atoms with Crippen LogP contribution in [-0.4, -0.2) is 39.6 Å². The van der Waals surface area contributed by atoms with Crippen molar-refractivity contribution in [2.45, 2.75) is 18.9 Å². The number of aromatic nitrogens is 3. The van der Waals surface area contributed by atoms with Crippen LogP contribution in [0.3, 0.4) is 0 Å². The molecule has 1 aliphatic rings. The van der Waals surface area contributed by atoms with Crippen LogP contribution in [0.5, 0.6) is 0 Å². The van der Waals surface area contributed by atoms with Crippen molar-refractivity contribution in [2.24, 2.45) is 11.5 Å². The normalized spacial score (nSPS) is 17.4. The number of amides is 1. The number of nitrogens with two attached hydrogens (primary N) is 3. The fourth-order valence-electron chi connectivity index (χ4n) is 3.60. The highest BCUT2D eigenvalue weighted by Crippen LogP contribution is 2.35. The molecular weight excluding hydrogens is 349 g/mol. The second kappa shape index (κ2) is 6.51. The van der Waals surface area contributed by atoms with Crippen molar-refractivity contribution in [2.75, 3.05) is 23.7 Å². The van der Waals surface area contributed by atoms with E-state index in [9.17, 15) is 9.18 Å². The van der Waals surface area contributed by atoms with Crippen LogP contribution in [0.15, 0.2) is 30.6 Å². The molecule has 9 heteroatoms. The van der Waals surface area contributed by atoms with E-state index in [2.05, 4.69) is 15.0 Å². The molecular formula is C18H20FN7O. The number of primary amides is 1. The number of fused-ring (bicyclic) bond motifs is 1. The van der Waals surface area contributed by atoms with Crippen LogP contribution < -0.4 is 22.1 Å². The van der Waals surface area contributed by atoms with Crippen molar-refractivity contribution in [1.29, 1.82) is 0 Å². The molecule has 1 unspecified atom stereocenters. The predicted molar refractivity (Wildman–Crippen MR) is 101 cm³/mol. The van der Waals surface area contributed by atoms with Gasteiger partial charge in [-0.2, -0.15) is 5.10 Å². The van der Waals surface area contributed by atoms with Gasteiger partial charge in [0.25, 0.3) is 5.91 Å². The molecule has 6 N–H and O–H groups in total. The van der Waals surface area contributed by atoms with Crippen LogP contribution in [0.4, 0.5) is 15.9 Å². The summed E-state index contributed by atoms with van der Waals surface area (Å²) < 4.78 is 15.9. The summed E-state index contributed by atoms with van der Waals surface area (Å²) in [7, 11) is 0. The first-order valence-corrected chi connectivity index (χ1v) is 8.68. The molecule has 27 heavy (non-hydrogen) atoms. The minimum absolute atomic E-state index is 0.0790. The molecule has 0 spiro atoms. The number of anilines is 2. The molecule has 1 fully saturated rings. The summed E-state index contributed by atoms with van der Waals surface area (Å²) >= 11 is 0. The van der Waals surface area contributed by atoms with Crippen molar-refractivity contribution in [3.8, 4) is 11.3 Å². The van der Waals surface area contributed by atoms with Crippen molar-refractivity contribution < 1.29 is 9.18 Å². The molecule has 0 bridgehead atoms. The summed E-state index contributed by atoms with van der Waals surface area (Å²) in [4.78, 5) is 17.5. The second-order valence-corrected chi connectivity index (χ2v) is 6.73. The van der Waals surface area contributed by atoms with E-state index in [0.29, 0.717) is 29.1 Å². The molecule has 3 aromatic rings. The minimum Gasteiger partial charge on any atom is -0.382 e. The Morgan fingerprint density at radius 1 is 1.30 bits per heavy atom. The van der Waals surface area contributed by atoms with E-state index in [4.69, 9.17) is 17.2 Å². The van der Waals surface area contributed by atoms with Gasteiger partial charge in [-0.1, -0.05) is 6.07 Å². The molecule has 0 radical (unpaired) electrons. The standard InChI is InChI=1S/C18H20FN7O/c19-13-6-10(3-4-12(13)18(22)27)14-7-15(25-5-1-2-11(20)8-25)16-17(21)23-9-24-26(14)16/h3-4,6-7,9,11H,1-2,5,8,20H2,(H2,22,27)(H2,21,23,24). The molecule has 4 rings (SSSR count). The quantitative estimate of drug-likeness (QED) is 0.635. The third-order valence-electron chi connectivity index (χ3n) is 4.89. The van der Waals surface area contributed by atoms with E-state index in [1.165, 1.54) is 18.5 Å². The van der Waals surface area contributed by atoms with Gasteiger partial charge in [-0.15, -0.1) is 0 Å². The third kappa shape index (κ3) is 2.95. The molecule has 8 nitrogen and oxygen atoms in total. The maximum Gasteiger partial charge on any atom is 0.251 e. The number of nitrogen functional groups attached to an aromatic ring is 1. The van der Waals surface area contributed by atoms with Crippen LogP contribution in [0.1, 0.15) is 23.2 Å². The number of halogens is 1. The Labute approximate surface area is 154 Å².